The predicted molar refractivity (Wildman–Crippen MR) is 97.1 cm³/mol. The number of carbonyl (C=O) groups excluding carboxylic acids is 1. The van der Waals surface area contributed by atoms with Crippen LogP contribution in [0.4, 0.5) is 29.3 Å². The molecule has 0 atom stereocenters. The molecule has 0 spiro atoms. The number of hydrogen-bond acceptors (Lipinski definition) is 4. The molecule has 0 radical (unpaired) electrons. The second-order valence-corrected chi connectivity index (χ2v) is 7.10. The Morgan fingerprint density at radius 2 is 1.79 bits per heavy atom. The highest BCUT2D eigenvalue weighted by Crippen LogP contribution is 2.45. The molecule has 0 unspecified atom stereocenters. The molecule has 1 aromatic heterocycles. The lowest BCUT2D eigenvalue weighted by Crippen LogP contribution is -2.34. The summed E-state index contributed by atoms with van der Waals surface area (Å²) in [7, 11) is 0. The van der Waals surface area contributed by atoms with Crippen LogP contribution in [0.3, 0.4) is 0 Å². The van der Waals surface area contributed by atoms with E-state index in [9.17, 15) is 18.0 Å². The van der Waals surface area contributed by atoms with Gasteiger partial charge < -0.3 is 9.74 Å². The molecule has 8 heteroatoms. The van der Waals surface area contributed by atoms with E-state index in [0.29, 0.717) is 30.4 Å². The zero-order valence-corrected chi connectivity index (χ0v) is 15.2. The third kappa shape index (κ3) is 3.90. The fourth-order valence-electron chi connectivity index (χ4n) is 3.37. The van der Waals surface area contributed by atoms with E-state index in [-0.39, 0.29) is 0 Å². The Bertz CT molecular complexity index is 845. The maximum Gasteiger partial charge on any atom is 0.434 e. The van der Waals surface area contributed by atoms with E-state index in [1.165, 1.54) is 17.2 Å². The van der Waals surface area contributed by atoms with E-state index < -0.39 is 17.8 Å². The quantitative estimate of drug-likeness (QED) is 0.667. The van der Waals surface area contributed by atoms with E-state index in [1.807, 2.05) is 6.07 Å². The van der Waals surface area contributed by atoms with Gasteiger partial charge in [-0.3, -0.25) is 4.98 Å². The smallest absolute Gasteiger partial charge is 0.316 e. The summed E-state index contributed by atoms with van der Waals surface area (Å²) < 4.78 is 38.8. The molecule has 2 aliphatic rings. The van der Waals surface area contributed by atoms with Crippen molar-refractivity contribution < 1.29 is 22.8 Å². The van der Waals surface area contributed by atoms with Crippen molar-refractivity contribution in [2.75, 3.05) is 18.2 Å². The summed E-state index contributed by atoms with van der Waals surface area (Å²) in [4.78, 5) is 24.0. The third-order valence-corrected chi connectivity index (χ3v) is 5.03. The van der Waals surface area contributed by atoms with Crippen LogP contribution in [0.2, 0.25) is 0 Å². The lowest BCUT2D eigenvalue weighted by atomic mass is 10.1. The second-order valence-electron chi connectivity index (χ2n) is 7.10. The van der Waals surface area contributed by atoms with E-state index in [4.69, 9.17) is 4.84 Å². The minimum atomic E-state index is -4.43. The van der Waals surface area contributed by atoms with Crippen molar-refractivity contribution in [2.45, 2.75) is 37.8 Å². The average molecular weight is 391 g/mol. The normalized spacial score (nSPS) is 16.9. The number of aromatic nitrogens is 1. The van der Waals surface area contributed by atoms with Crippen LogP contribution in [-0.2, 0) is 11.0 Å². The van der Waals surface area contributed by atoms with Crippen LogP contribution in [0, 0.1) is 0 Å². The summed E-state index contributed by atoms with van der Waals surface area (Å²) in [6.45, 7) is 1.23. The lowest BCUT2D eigenvalue weighted by Gasteiger charge is -2.27. The number of anilines is 2. The van der Waals surface area contributed by atoms with Crippen LogP contribution in [0.1, 0.15) is 42.7 Å². The van der Waals surface area contributed by atoms with Crippen molar-refractivity contribution >= 4 is 17.5 Å². The molecular formula is C20H20F3N3O2. The molecule has 2 fully saturated rings. The molecular weight excluding hydrogens is 371 g/mol. The van der Waals surface area contributed by atoms with Crippen LogP contribution >= 0.6 is 0 Å². The summed E-state index contributed by atoms with van der Waals surface area (Å²) >= 11 is 0. The molecule has 5 nitrogen and oxygen atoms in total. The van der Waals surface area contributed by atoms with Gasteiger partial charge in [-0.2, -0.15) is 18.2 Å². The van der Waals surface area contributed by atoms with Crippen LogP contribution in [0.25, 0.3) is 0 Å². The second kappa shape index (κ2) is 7.33. The minimum absolute atomic E-state index is 0.343. The summed E-state index contributed by atoms with van der Waals surface area (Å²) in [5.41, 5.74) is 1.15. The predicted octanol–water partition coefficient (Wildman–Crippen LogP) is 5.26. The largest absolute Gasteiger partial charge is 0.434 e. The van der Waals surface area contributed by atoms with Gasteiger partial charge in [-0.05, 0) is 67.5 Å². The molecule has 2 heterocycles. The number of halogens is 3. The van der Waals surface area contributed by atoms with Gasteiger partial charge in [0.1, 0.15) is 5.69 Å². The SMILES string of the molecule is O=C(ON(c1ccc(C(F)(F)F)cc1)c1cnccc1C1CC1)N1CCCC1. The van der Waals surface area contributed by atoms with Gasteiger partial charge in [-0.1, -0.05) is 0 Å². The third-order valence-electron chi connectivity index (χ3n) is 5.03. The Morgan fingerprint density at radius 1 is 1.11 bits per heavy atom. The Morgan fingerprint density at radius 3 is 2.39 bits per heavy atom. The average Bonchev–Trinajstić information content (AvgIpc) is 3.38. The van der Waals surface area contributed by atoms with Crippen LogP contribution in [-0.4, -0.2) is 29.1 Å². The number of amides is 1. The molecule has 148 valence electrons. The maximum atomic E-state index is 12.9. The first kappa shape index (κ1) is 18.6. The van der Waals surface area contributed by atoms with Gasteiger partial charge in [0.05, 0.1) is 17.4 Å². The van der Waals surface area contributed by atoms with Crippen LogP contribution in [0.5, 0.6) is 0 Å². The zero-order valence-electron chi connectivity index (χ0n) is 15.2. The molecule has 28 heavy (non-hydrogen) atoms. The highest BCUT2D eigenvalue weighted by molar-refractivity contribution is 5.74. The number of pyridine rings is 1. The van der Waals surface area contributed by atoms with E-state index in [2.05, 4.69) is 4.98 Å². The van der Waals surface area contributed by atoms with Gasteiger partial charge in [0.15, 0.2) is 0 Å². The molecule has 4 rings (SSSR count). The highest BCUT2D eigenvalue weighted by atomic mass is 19.4. The van der Waals surface area contributed by atoms with Crippen molar-refractivity contribution in [3.05, 3.63) is 53.9 Å². The number of benzene rings is 1. The molecule has 1 aliphatic heterocycles. The number of nitrogens with zero attached hydrogens (tertiary/aromatic N) is 3. The fourth-order valence-corrected chi connectivity index (χ4v) is 3.37. The van der Waals surface area contributed by atoms with Gasteiger partial charge in [0.25, 0.3) is 0 Å². The fraction of sp³-hybridized carbons (Fsp3) is 0.400. The Kier molecular flexibility index (Phi) is 4.87. The van der Waals surface area contributed by atoms with E-state index >= 15 is 0 Å². The minimum Gasteiger partial charge on any atom is -0.316 e. The van der Waals surface area contributed by atoms with Gasteiger partial charge >= 0.3 is 12.3 Å². The van der Waals surface area contributed by atoms with Crippen molar-refractivity contribution in [1.29, 1.82) is 0 Å². The molecule has 1 amide bonds. The van der Waals surface area contributed by atoms with E-state index in [0.717, 1.165) is 43.4 Å². The zero-order chi connectivity index (χ0) is 19.7. The maximum absolute atomic E-state index is 12.9. The van der Waals surface area contributed by atoms with Crippen molar-refractivity contribution in [3.63, 3.8) is 0 Å². The van der Waals surface area contributed by atoms with Crippen molar-refractivity contribution in [1.82, 2.24) is 9.88 Å². The van der Waals surface area contributed by atoms with Gasteiger partial charge in [0, 0.05) is 19.3 Å². The molecule has 1 aromatic carbocycles. The van der Waals surface area contributed by atoms with Gasteiger partial charge in [-0.25, -0.2) is 4.79 Å². The standard InChI is InChI=1S/C20H20F3N3O2/c21-20(22,23)15-5-7-16(8-6-15)26(28-19(27)25-11-1-2-12-25)18-13-24-10-9-17(18)14-3-4-14/h5-10,13-14H,1-4,11-12H2. The topological polar surface area (TPSA) is 45.7 Å². The van der Waals surface area contributed by atoms with Gasteiger partial charge in [-0.15, -0.1) is 0 Å². The lowest BCUT2D eigenvalue weighted by molar-refractivity contribution is -0.137. The first-order valence-electron chi connectivity index (χ1n) is 9.31. The number of likely N-dealkylation sites (tertiary alicyclic amines) is 1. The molecule has 1 saturated carbocycles. The highest BCUT2D eigenvalue weighted by Gasteiger charge is 2.33. The first-order valence-corrected chi connectivity index (χ1v) is 9.31. The monoisotopic (exact) mass is 391 g/mol. The van der Waals surface area contributed by atoms with E-state index in [1.54, 1.807) is 17.3 Å². The number of alkyl halides is 3. The molecule has 2 aromatic rings. The summed E-state index contributed by atoms with van der Waals surface area (Å²) in [6.07, 6.45) is 2.19. The Hall–Kier alpha value is -2.77. The molecule has 1 saturated heterocycles. The van der Waals surface area contributed by atoms with Crippen LogP contribution in [0.15, 0.2) is 42.7 Å². The summed E-state index contributed by atoms with van der Waals surface area (Å²) in [5.74, 6) is 0.348. The summed E-state index contributed by atoms with van der Waals surface area (Å²) in [5, 5.41) is 1.31. The number of hydrogen-bond donors (Lipinski definition) is 0. The molecule has 1 aliphatic carbocycles. The summed E-state index contributed by atoms with van der Waals surface area (Å²) in [6, 6.07) is 6.46. The van der Waals surface area contributed by atoms with Crippen molar-refractivity contribution in [2.24, 2.45) is 0 Å². The van der Waals surface area contributed by atoms with Crippen LogP contribution < -0.4 is 5.06 Å². The Balaban J connectivity index is 1.68. The number of rotatable bonds is 4. The first-order chi connectivity index (χ1) is 13.4. The van der Waals surface area contributed by atoms with Gasteiger partial charge in [0.2, 0.25) is 0 Å². The number of carbonyl (C=O) groups is 1. The Labute approximate surface area is 160 Å². The van der Waals surface area contributed by atoms with Crippen molar-refractivity contribution in [3.8, 4) is 0 Å². The molecule has 0 N–H and O–H groups in total. The molecule has 0 bridgehead atoms.